The van der Waals surface area contributed by atoms with Crippen LogP contribution in [0.15, 0.2) is 78.0 Å². The van der Waals surface area contributed by atoms with Crippen LogP contribution < -0.4 is 15.4 Å². The molecular formula is C25H21FN4O3. The first-order valence-electron chi connectivity index (χ1n) is 10.3. The average molecular weight is 444 g/mol. The highest BCUT2D eigenvalue weighted by Crippen LogP contribution is 2.41. The van der Waals surface area contributed by atoms with Crippen LogP contribution in [0.1, 0.15) is 18.5 Å². The number of carbonyl (C=O) groups excluding carboxylic acids is 1. The number of amides is 1. The van der Waals surface area contributed by atoms with Gasteiger partial charge in [0.2, 0.25) is 5.95 Å². The molecule has 0 radical (unpaired) electrons. The monoisotopic (exact) mass is 444 g/mol. The first-order chi connectivity index (χ1) is 16.0. The van der Waals surface area contributed by atoms with Crippen LogP contribution in [0.2, 0.25) is 0 Å². The molecule has 33 heavy (non-hydrogen) atoms. The summed E-state index contributed by atoms with van der Waals surface area (Å²) in [4.78, 5) is 18.2. The molecule has 8 heteroatoms. The number of hydrogen-bond acceptors (Lipinski definition) is 5. The van der Waals surface area contributed by atoms with Gasteiger partial charge in [-0.15, -0.1) is 0 Å². The number of para-hydroxylation sites is 2. The summed E-state index contributed by atoms with van der Waals surface area (Å²) in [6.45, 7) is 1.81. The van der Waals surface area contributed by atoms with Crippen LogP contribution in [-0.2, 0) is 4.79 Å². The van der Waals surface area contributed by atoms with Gasteiger partial charge in [-0.1, -0.05) is 18.2 Å². The second-order valence-corrected chi connectivity index (χ2v) is 7.75. The third-order valence-electron chi connectivity index (χ3n) is 5.70. The molecule has 1 aliphatic rings. The standard InChI is InChI=1S/C25H21FN4O3/c1-14-22(24(32)28-17-10-8-16(26)9-11-17)23(15-7-12-20(31)21(13-15)33-2)30-19-6-4-3-5-18(19)29-25(30)27-14/h3-13,23,31H,1-2H3,(H,27,29)(H,28,32)/t23-/m1/s1. The zero-order valence-corrected chi connectivity index (χ0v) is 18.0. The summed E-state index contributed by atoms with van der Waals surface area (Å²) in [7, 11) is 1.47. The highest BCUT2D eigenvalue weighted by atomic mass is 19.1. The highest BCUT2D eigenvalue weighted by Gasteiger charge is 2.34. The number of aromatic hydroxyl groups is 1. The van der Waals surface area contributed by atoms with Crippen LogP contribution in [0, 0.1) is 5.82 Å². The van der Waals surface area contributed by atoms with E-state index in [1.807, 2.05) is 35.8 Å². The first-order valence-corrected chi connectivity index (χ1v) is 10.3. The van der Waals surface area contributed by atoms with E-state index < -0.39 is 6.04 Å². The number of aromatic nitrogens is 2. The number of allylic oxidation sites excluding steroid dienone is 1. The van der Waals surface area contributed by atoms with Gasteiger partial charge in [0, 0.05) is 11.4 Å². The fraction of sp³-hybridized carbons (Fsp3) is 0.120. The molecule has 1 aromatic heterocycles. The second kappa shape index (κ2) is 7.98. The van der Waals surface area contributed by atoms with Crippen LogP contribution in [0.3, 0.4) is 0 Å². The van der Waals surface area contributed by atoms with Crippen LogP contribution in [0.4, 0.5) is 16.0 Å². The topological polar surface area (TPSA) is 88.4 Å². The Morgan fingerprint density at radius 1 is 1.15 bits per heavy atom. The van der Waals surface area contributed by atoms with E-state index in [9.17, 15) is 14.3 Å². The maximum Gasteiger partial charge on any atom is 0.255 e. The normalized spacial score (nSPS) is 15.2. The van der Waals surface area contributed by atoms with Crippen molar-refractivity contribution in [2.24, 2.45) is 0 Å². The number of hydrogen-bond donors (Lipinski definition) is 3. The molecule has 1 amide bonds. The van der Waals surface area contributed by atoms with Gasteiger partial charge in [-0.3, -0.25) is 9.36 Å². The average Bonchev–Trinajstić information content (AvgIpc) is 3.18. The second-order valence-electron chi connectivity index (χ2n) is 7.75. The molecule has 0 fully saturated rings. The quantitative estimate of drug-likeness (QED) is 0.420. The van der Waals surface area contributed by atoms with Crippen molar-refractivity contribution < 1.29 is 19.0 Å². The molecule has 3 aromatic carbocycles. The largest absolute Gasteiger partial charge is 0.504 e. The molecule has 4 aromatic rings. The molecule has 5 rings (SSSR count). The lowest BCUT2D eigenvalue weighted by atomic mass is 9.94. The summed E-state index contributed by atoms with van der Waals surface area (Å²) in [5, 5.41) is 16.2. The number of nitrogens with one attached hydrogen (secondary N) is 2. The van der Waals surface area contributed by atoms with Crippen molar-refractivity contribution in [3.05, 3.63) is 89.4 Å². The SMILES string of the molecule is COc1cc([C@@H]2C(C(=O)Nc3ccc(F)cc3)=C(C)Nc3nc4ccccc4n32)ccc1O. The van der Waals surface area contributed by atoms with Gasteiger partial charge < -0.3 is 20.5 Å². The van der Waals surface area contributed by atoms with Crippen molar-refractivity contribution in [3.63, 3.8) is 0 Å². The van der Waals surface area contributed by atoms with Crippen LogP contribution in [-0.4, -0.2) is 27.7 Å². The predicted octanol–water partition coefficient (Wildman–Crippen LogP) is 4.82. The number of ether oxygens (including phenoxy) is 1. The van der Waals surface area contributed by atoms with E-state index in [-0.39, 0.29) is 17.5 Å². The molecule has 166 valence electrons. The number of benzene rings is 3. The number of anilines is 2. The maximum atomic E-state index is 13.5. The Kier molecular flexibility index (Phi) is 4.97. The van der Waals surface area contributed by atoms with Gasteiger partial charge in [-0.2, -0.15) is 0 Å². The van der Waals surface area contributed by atoms with Crippen molar-refractivity contribution >= 4 is 28.6 Å². The first kappa shape index (κ1) is 20.6. The number of halogens is 1. The molecule has 1 atom stereocenters. The number of phenols is 1. The number of imidazole rings is 1. The van der Waals surface area contributed by atoms with Crippen molar-refractivity contribution in [2.75, 3.05) is 17.7 Å². The van der Waals surface area contributed by atoms with Gasteiger partial charge in [0.05, 0.1) is 29.8 Å². The van der Waals surface area contributed by atoms with Crippen molar-refractivity contribution in [2.45, 2.75) is 13.0 Å². The fourth-order valence-corrected chi connectivity index (χ4v) is 4.17. The fourth-order valence-electron chi connectivity index (χ4n) is 4.17. The Bertz CT molecular complexity index is 1410. The third-order valence-corrected chi connectivity index (χ3v) is 5.70. The highest BCUT2D eigenvalue weighted by molar-refractivity contribution is 6.06. The molecule has 2 heterocycles. The lowest BCUT2D eigenvalue weighted by Crippen LogP contribution is -2.30. The molecule has 7 nitrogen and oxygen atoms in total. The molecule has 0 saturated heterocycles. The van der Waals surface area contributed by atoms with Crippen molar-refractivity contribution in [1.82, 2.24) is 9.55 Å². The van der Waals surface area contributed by atoms with Crippen LogP contribution in [0.25, 0.3) is 11.0 Å². The van der Waals surface area contributed by atoms with Crippen LogP contribution in [0.5, 0.6) is 11.5 Å². The minimum Gasteiger partial charge on any atom is -0.504 e. The number of phenolic OH excluding ortho intramolecular Hbond substituents is 1. The lowest BCUT2D eigenvalue weighted by Gasteiger charge is -2.31. The number of methoxy groups -OCH3 is 1. The van der Waals surface area contributed by atoms with E-state index >= 15 is 0 Å². The molecule has 3 N–H and O–H groups in total. The maximum absolute atomic E-state index is 13.5. The van der Waals surface area contributed by atoms with E-state index in [1.54, 1.807) is 18.2 Å². The Hall–Kier alpha value is -4.33. The minimum atomic E-state index is -0.552. The predicted molar refractivity (Wildman–Crippen MR) is 124 cm³/mol. The van der Waals surface area contributed by atoms with E-state index in [2.05, 4.69) is 10.6 Å². The van der Waals surface area contributed by atoms with Gasteiger partial charge in [0.25, 0.3) is 5.91 Å². The number of nitrogens with zero attached hydrogens (tertiary/aromatic N) is 2. The van der Waals surface area contributed by atoms with E-state index in [0.717, 1.165) is 16.6 Å². The molecule has 0 spiro atoms. The summed E-state index contributed by atoms with van der Waals surface area (Å²) >= 11 is 0. The van der Waals surface area contributed by atoms with Gasteiger partial charge >= 0.3 is 0 Å². The van der Waals surface area contributed by atoms with Crippen molar-refractivity contribution in [3.8, 4) is 11.5 Å². The molecule has 1 aliphatic heterocycles. The Morgan fingerprint density at radius 2 is 1.91 bits per heavy atom. The summed E-state index contributed by atoms with van der Waals surface area (Å²) in [5.41, 5.74) is 3.93. The summed E-state index contributed by atoms with van der Waals surface area (Å²) in [5.74, 6) is 0.180. The number of fused-ring (bicyclic) bond motifs is 3. The molecular weight excluding hydrogens is 423 g/mol. The zero-order valence-electron chi connectivity index (χ0n) is 18.0. The Labute approximate surface area is 189 Å². The van der Waals surface area contributed by atoms with Gasteiger partial charge in [0.15, 0.2) is 11.5 Å². The van der Waals surface area contributed by atoms with E-state index in [1.165, 1.54) is 31.4 Å². The lowest BCUT2D eigenvalue weighted by molar-refractivity contribution is -0.113. The van der Waals surface area contributed by atoms with E-state index in [0.29, 0.717) is 28.7 Å². The van der Waals surface area contributed by atoms with Crippen LogP contribution >= 0.6 is 0 Å². The van der Waals surface area contributed by atoms with Gasteiger partial charge in [-0.25, -0.2) is 9.37 Å². The van der Waals surface area contributed by atoms with Crippen molar-refractivity contribution in [1.29, 1.82) is 0 Å². The number of carbonyl (C=O) groups is 1. The molecule has 0 bridgehead atoms. The summed E-state index contributed by atoms with van der Waals surface area (Å²) < 4.78 is 20.6. The minimum absolute atomic E-state index is 0.00362. The molecule has 0 saturated carbocycles. The summed E-state index contributed by atoms with van der Waals surface area (Å²) in [6, 6.07) is 17.7. The zero-order chi connectivity index (χ0) is 23.1. The van der Waals surface area contributed by atoms with Gasteiger partial charge in [-0.05, 0) is 61.0 Å². The van der Waals surface area contributed by atoms with Gasteiger partial charge in [0.1, 0.15) is 5.82 Å². The number of rotatable bonds is 4. The smallest absolute Gasteiger partial charge is 0.255 e. The molecule has 0 unspecified atom stereocenters. The third kappa shape index (κ3) is 3.55. The summed E-state index contributed by atoms with van der Waals surface area (Å²) in [6.07, 6.45) is 0. The Balaban J connectivity index is 1.67. The molecule has 0 aliphatic carbocycles. The Morgan fingerprint density at radius 3 is 2.67 bits per heavy atom. The van der Waals surface area contributed by atoms with E-state index in [4.69, 9.17) is 9.72 Å².